The van der Waals surface area contributed by atoms with Crippen LogP contribution in [-0.2, 0) is 6.18 Å². The van der Waals surface area contributed by atoms with E-state index in [1.165, 1.54) is 31.9 Å². The highest BCUT2D eigenvalue weighted by molar-refractivity contribution is 5.93. The van der Waals surface area contributed by atoms with Crippen LogP contribution >= 0.6 is 0 Å². The number of hydrogen-bond acceptors (Lipinski definition) is 4. The van der Waals surface area contributed by atoms with Gasteiger partial charge in [-0.1, -0.05) is 24.8 Å². The first kappa shape index (κ1) is 23.4. The van der Waals surface area contributed by atoms with Gasteiger partial charge in [-0.05, 0) is 56.2 Å². The van der Waals surface area contributed by atoms with E-state index in [1.807, 2.05) is 0 Å². The lowest BCUT2D eigenvalue weighted by Gasteiger charge is -2.20. The second-order valence-electron chi connectivity index (χ2n) is 8.73. The maximum atomic E-state index is 13.7. The molecule has 0 unspecified atom stereocenters. The van der Waals surface area contributed by atoms with Crippen LogP contribution in [0.2, 0.25) is 0 Å². The van der Waals surface area contributed by atoms with Crippen molar-refractivity contribution < 1.29 is 13.2 Å². The van der Waals surface area contributed by atoms with Crippen molar-refractivity contribution in [1.29, 1.82) is 0 Å². The van der Waals surface area contributed by atoms with Gasteiger partial charge >= 0.3 is 11.9 Å². The Hall–Kier alpha value is -4.34. The van der Waals surface area contributed by atoms with Crippen molar-refractivity contribution in [3.05, 3.63) is 104 Å². The third-order valence-corrected chi connectivity index (χ3v) is 6.03. The Morgan fingerprint density at radius 3 is 2.19 bits per heavy atom. The summed E-state index contributed by atoms with van der Waals surface area (Å²) >= 11 is 0. The summed E-state index contributed by atoms with van der Waals surface area (Å²) in [4.78, 5) is 40.5. The molecule has 7 nitrogen and oxygen atoms in total. The predicted octanol–water partition coefficient (Wildman–Crippen LogP) is 4.90. The number of hydrogen-bond donors (Lipinski definition) is 1. The van der Waals surface area contributed by atoms with Gasteiger partial charge in [0.05, 0.1) is 16.9 Å². The van der Waals surface area contributed by atoms with Crippen LogP contribution in [0.1, 0.15) is 31.4 Å². The standard InChI is InChI=1S/C26H21F3N4O3/c1-15(2)31-21(34)14-20(30-17-10-8-16(9-11-17)26(27,28)29)22-23(31)32(18-6-4-3-5-7-18)25(36)33(24(22)35)19-12-13-19/h3-11,14,19,30H,1,12-13H2,2H3. The first-order chi connectivity index (χ1) is 17.1. The number of pyridine rings is 1. The molecule has 4 aromatic rings. The fraction of sp³-hybridized carbons (Fsp3) is 0.192. The van der Waals surface area contributed by atoms with Gasteiger partial charge in [0.2, 0.25) is 0 Å². The van der Waals surface area contributed by atoms with Gasteiger partial charge in [-0.15, -0.1) is 0 Å². The van der Waals surface area contributed by atoms with Crippen molar-refractivity contribution in [1.82, 2.24) is 13.7 Å². The van der Waals surface area contributed by atoms with Crippen LogP contribution in [0.25, 0.3) is 22.4 Å². The first-order valence-electron chi connectivity index (χ1n) is 11.2. The van der Waals surface area contributed by atoms with Crippen molar-refractivity contribution in [2.24, 2.45) is 0 Å². The zero-order valence-electron chi connectivity index (χ0n) is 19.2. The van der Waals surface area contributed by atoms with Crippen LogP contribution in [0.4, 0.5) is 24.5 Å². The number of nitrogens with zero attached hydrogens (tertiary/aromatic N) is 3. The lowest BCUT2D eigenvalue weighted by atomic mass is 10.2. The Balaban J connectivity index is 1.86. The number of halogens is 3. The van der Waals surface area contributed by atoms with E-state index in [4.69, 9.17) is 0 Å². The molecule has 0 radical (unpaired) electrons. The zero-order chi connectivity index (χ0) is 25.8. The Kier molecular flexibility index (Phi) is 5.46. The topological polar surface area (TPSA) is 78.0 Å². The normalized spacial score (nSPS) is 13.7. The quantitative estimate of drug-likeness (QED) is 0.428. The van der Waals surface area contributed by atoms with Gasteiger partial charge in [-0.25, -0.2) is 9.36 Å². The molecule has 2 aromatic heterocycles. The number of aromatic nitrogens is 3. The molecule has 1 N–H and O–H groups in total. The molecule has 0 saturated heterocycles. The minimum Gasteiger partial charge on any atom is -0.355 e. The number of alkyl halides is 3. The van der Waals surface area contributed by atoms with E-state index in [1.54, 1.807) is 37.3 Å². The summed E-state index contributed by atoms with van der Waals surface area (Å²) in [6.07, 6.45) is -3.18. The molecule has 0 amide bonds. The molecule has 1 aliphatic carbocycles. The Morgan fingerprint density at radius 2 is 1.64 bits per heavy atom. The molecule has 0 spiro atoms. The van der Waals surface area contributed by atoms with Crippen molar-refractivity contribution in [2.75, 3.05) is 5.32 Å². The molecule has 36 heavy (non-hydrogen) atoms. The number of fused-ring (bicyclic) bond motifs is 1. The zero-order valence-corrected chi connectivity index (χ0v) is 19.2. The van der Waals surface area contributed by atoms with Crippen LogP contribution in [0, 0.1) is 0 Å². The number of allylic oxidation sites excluding steroid dienone is 1. The highest BCUT2D eigenvalue weighted by Crippen LogP contribution is 2.34. The predicted molar refractivity (Wildman–Crippen MR) is 132 cm³/mol. The van der Waals surface area contributed by atoms with Crippen LogP contribution in [0.5, 0.6) is 0 Å². The minimum absolute atomic E-state index is 0.0301. The van der Waals surface area contributed by atoms with Crippen LogP contribution < -0.4 is 22.1 Å². The fourth-order valence-corrected chi connectivity index (χ4v) is 4.26. The largest absolute Gasteiger partial charge is 0.416 e. The molecule has 2 heterocycles. The van der Waals surface area contributed by atoms with Crippen molar-refractivity contribution in [3.63, 3.8) is 0 Å². The van der Waals surface area contributed by atoms with Crippen LogP contribution in [0.3, 0.4) is 0 Å². The molecule has 5 rings (SSSR count). The van der Waals surface area contributed by atoms with Crippen molar-refractivity contribution in [2.45, 2.75) is 32.0 Å². The average Bonchev–Trinajstić information content (AvgIpc) is 3.64. The summed E-state index contributed by atoms with van der Waals surface area (Å²) in [7, 11) is 0. The number of nitrogens with one attached hydrogen (secondary N) is 1. The number of anilines is 2. The third-order valence-electron chi connectivity index (χ3n) is 6.03. The molecule has 0 bridgehead atoms. The number of rotatable bonds is 5. The van der Waals surface area contributed by atoms with E-state index in [0.29, 0.717) is 24.2 Å². The molecule has 1 fully saturated rings. The molecule has 1 aliphatic rings. The molecular weight excluding hydrogens is 473 g/mol. The first-order valence-corrected chi connectivity index (χ1v) is 11.2. The van der Waals surface area contributed by atoms with Gasteiger partial charge in [-0.3, -0.25) is 18.7 Å². The molecular formula is C26H21F3N4O3. The maximum absolute atomic E-state index is 13.7. The van der Waals surface area contributed by atoms with Gasteiger partial charge in [0.15, 0.2) is 0 Å². The van der Waals surface area contributed by atoms with E-state index in [-0.39, 0.29) is 28.5 Å². The van der Waals surface area contributed by atoms with E-state index in [9.17, 15) is 27.6 Å². The second-order valence-corrected chi connectivity index (χ2v) is 8.73. The monoisotopic (exact) mass is 494 g/mol. The molecule has 2 aromatic carbocycles. The molecule has 1 saturated carbocycles. The van der Waals surface area contributed by atoms with Crippen molar-refractivity contribution in [3.8, 4) is 5.69 Å². The van der Waals surface area contributed by atoms with Gasteiger partial charge in [0.1, 0.15) is 11.0 Å². The van der Waals surface area contributed by atoms with Gasteiger partial charge in [0.25, 0.3) is 11.1 Å². The van der Waals surface area contributed by atoms with E-state index in [0.717, 1.165) is 12.1 Å². The lowest BCUT2D eigenvalue weighted by Crippen LogP contribution is -2.41. The summed E-state index contributed by atoms with van der Waals surface area (Å²) in [6, 6.07) is 13.8. The van der Waals surface area contributed by atoms with Gasteiger partial charge in [0, 0.05) is 23.5 Å². The van der Waals surface area contributed by atoms with E-state index < -0.39 is 28.5 Å². The molecule has 0 aliphatic heterocycles. The minimum atomic E-state index is -4.50. The Labute approximate surface area is 202 Å². The highest BCUT2D eigenvalue weighted by atomic mass is 19.4. The summed E-state index contributed by atoms with van der Waals surface area (Å²) in [5, 5.41) is 2.97. The Morgan fingerprint density at radius 1 is 1.00 bits per heavy atom. The molecule has 10 heteroatoms. The highest BCUT2D eigenvalue weighted by Gasteiger charge is 2.32. The van der Waals surface area contributed by atoms with E-state index >= 15 is 0 Å². The molecule has 184 valence electrons. The Bertz CT molecular complexity index is 1680. The second kappa shape index (κ2) is 8.40. The van der Waals surface area contributed by atoms with Crippen LogP contribution in [-0.4, -0.2) is 13.7 Å². The summed E-state index contributed by atoms with van der Waals surface area (Å²) in [6.45, 7) is 5.44. The smallest absolute Gasteiger partial charge is 0.355 e. The summed E-state index contributed by atoms with van der Waals surface area (Å²) in [5.74, 6) is 0. The number of benzene rings is 2. The summed E-state index contributed by atoms with van der Waals surface area (Å²) in [5.41, 5.74) is -1.47. The van der Waals surface area contributed by atoms with Gasteiger partial charge < -0.3 is 5.32 Å². The third kappa shape index (κ3) is 3.94. The fourth-order valence-electron chi connectivity index (χ4n) is 4.26. The number of para-hydroxylation sites is 1. The van der Waals surface area contributed by atoms with Crippen LogP contribution in [0.15, 0.2) is 81.6 Å². The molecule has 0 atom stereocenters. The lowest BCUT2D eigenvalue weighted by molar-refractivity contribution is -0.137. The van der Waals surface area contributed by atoms with E-state index in [2.05, 4.69) is 11.9 Å². The van der Waals surface area contributed by atoms with Crippen molar-refractivity contribution >= 4 is 28.1 Å². The van der Waals surface area contributed by atoms with Gasteiger partial charge in [-0.2, -0.15) is 13.2 Å². The summed E-state index contributed by atoms with van der Waals surface area (Å²) < 4.78 is 42.7. The maximum Gasteiger partial charge on any atom is 0.416 e. The average molecular weight is 494 g/mol. The SMILES string of the molecule is C=C(C)n1c(=O)cc(Nc2ccc(C(F)(F)F)cc2)c2c(=O)n(C3CC3)c(=O)n(-c3ccccc3)c21.